The number of carboxylic acid groups (broad SMARTS) is 1. The molecule has 1 saturated heterocycles. The first kappa shape index (κ1) is 16.9. The molecular weight excluding hydrogens is 302 g/mol. The number of nitro benzene ring substituents is 1. The maximum Gasteiger partial charge on any atom is 0.321 e. The van der Waals surface area contributed by atoms with Gasteiger partial charge in [0.1, 0.15) is 6.04 Å². The Labute approximate surface area is 133 Å². The van der Waals surface area contributed by atoms with Crippen molar-refractivity contribution in [2.24, 2.45) is 0 Å². The van der Waals surface area contributed by atoms with Gasteiger partial charge in [-0.2, -0.15) is 0 Å². The third-order valence-electron chi connectivity index (χ3n) is 3.84. The second kappa shape index (κ2) is 7.68. The Morgan fingerprint density at radius 1 is 1.30 bits per heavy atom. The quantitative estimate of drug-likeness (QED) is 0.611. The molecule has 0 saturated carbocycles. The van der Waals surface area contributed by atoms with Crippen molar-refractivity contribution in [2.45, 2.75) is 31.7 Å². The minimum Gasteiger partial charge on any atom is -0.480 e. The maximum atomic E-state index is 12.1. The molecule has 0 bridgehead atoms. The number of hydrogen-bond donors (Lipinski definition) is 2. The van der Waals surface area contributed by atoms with E-state index in [1.165, 1.54) is 24.3 Å². The number of nitro groups is 1. The van der Waals surface area contributed by atoms with Crippen LogP contribution in [-0.4, -0.2) is 45.9 Å². The number of carbonyl (C=O) groups excluding carboxylic acids is 1. The fourth-order valence-electron chi connectivity index (χ4n) is 2.69. The first-order valence-electron chi connectivity index (χ1n) is 7.48. The van der Waals surface area contributed by atoms with Crippen LogP contribution in [0.1, 0.15) is 25.7 Å². The highest BCUT2D eigenvalue weighted by atomic mass is 16.6. The average Bonchev–Trinajstić information content (AvgIpc) is 2.53. The van der Waals surface area contributed by atoms with Gasteiger partial charge in [0.2, 0.25) is 5.91 Å². The Bertz CT molecular complexity index is 599. The highest BCUT2D eigenvalue weighted by Gasteiger charge is 2.29. The largest absolute Gasteiger partial charge is 0.480 e. The molecule has 0 aromatic heterocycles. The molecule has 124 valence electrons. The number of carbonyl (C=O) groups is 2. The third kappa shape index (κ3) is 4.75. The summed E-state index contributed by atoms with van der Waals surface area (Å²) in [5, 5.41) is 22.6. The van der Waals surface area contributed by atoms with Crippen LogP contribution in [0.15, 0.2) is 24.3 Å². The number of non-ortho nitro benzene ring substituents is 1. The summed E-state index contributed by atoms with van der Waals surface area (Å²) in [6.07, 6.45) is 2.74. The van der Waals surface area contributed by atoms with Crippen LogP contribution in [0.3, 0.4) is 0 Å². The Balaban J connectivity index is 2.00. The number of piperidine rings is 1. The van der Waals surface area contributed by atoms with E-state index in [0.717, 1.165) is 19.3 Å². The van der Waals surface area contributed by atoms with Crippen LogP contribution in [0.25, 0.3) is 0 Å². The SMILES string of the molecule is O=C(C[C@@H](C(=O)O)N1CCCCC1)Nc1cccc([N+](=O)[O-])c1. The van der Waals surface area contributed by atoms with Gasteiger partial charge < -0.3 is 10.4 Å². The van der Waals surface area contributed by atoms with E-state index >= 15 is 0 Å². The van der Waals surface area contributed by atoms with Crippen molar-refractivity contribution in [2.75, 3.05) is 18.4 Å². The van der Waals surface area contributed by atoms with Gasteiger partial charge in [-0.05, 0) is 32.0 Å². The summed E-state index contributed by atoms with van der Waals surface area (Å²) in [6.45, 7) is 1.34. The highest BCUT2D eigenvalue weighted by Crippen LogP contribution is 2.19. The van der Waals surface area contributed by atoms with Crippen molar-refractivity contribution in [1.29, 1.82) is 0 Å². The molecule has 1 aromatic rings. The molecule has 1 atom stereocenters. The van der Waals surface area contributed by atoms with Crippen molar-refractivity contribution in [3.63, 3.8) is 0 Å². The summed E-state index contributed by atoms with van der Waals surface area (Å²) < 4.78 is 0. The van der Waals surface area contributed by atoms with Crippen LogP contribution >= 0.6 is 0 Å². The number of nitrogens with one attached hydrogen (secondary N) is 1. The van der Waals surface area contributed by atoms with Crippen LogP contribution in [0.2, 0.25) is 0 Å². The van der Waals surface area contributed by atoms with Gasteiger partial charge in [0.15, 0.2) is 0 Å². The Morgan fingerprint density at radius 3 is 2.61 bits per heavy atom. The van der Waals surface area contributed by atoms with E-state index in [9.17, 15) is 24.8 Å². The average molecular weight is 321 g/mol. The van der Waals surface area contributed by atoms with Gasteiger partial charge in [0.25, 0.3) is 5.69 Å². The normalized spacial score (nSPS) is 16.5. The van der Waals surface area contributed by atoms with Gasteiger partial charge in [0, 0.05) is 17.8 Å². The molecule has 2 N–H and O–H groups in total. The van der Waals surface area contributed by atoms with E-state index in [-0.39, 0.29) is 17.8 Å². The molecule has 1 aliphatic heterocycles. The highest BCUT2D eigenvalue weighted by molar-refractivity contribution is 5.94. The smallest absolute Gasteiger partial charge is 0.321 e. The zero-order chi connectivity index (χ0) is 16.8. The summed E-state index contributed by atoms with van der Waals surface area (Å²) in [6, 6.07) is 4.70. The molecule has 1 fully saturated rings. The maximum absolute atomic E-state index is 12.1. The summed E-state index contributed by atoms with van der Waals surface area (Å²) in [4.78, 5) is 35.5. The van der Waals surface area contributed by atoms with Crippen LogP contribution in [0, 0.1) is 10.1 Å². The monoisotopic (exact) mass is 321 g/mol. The minimum atomic E-state index is -1.03. The van der Waals surface area contributed by atoms with Crippen LogP contribution in [0.4, 0.5) is 11.4 Å². The number of anilines is 1. The lowest BCUT2D eigenvalue weighted by Crippen LogP contribution is -2.45. The van der Waals surface area contributed by atoms with Gasteiger partial charge in [-0.3, -0.25) is 24.6 Å². The van der Waals surface area contributed by atoms with Crippen LogP contribution < -0.4 is 5.32 Å². The van der Waals surface area contributed by atoms with Gasteiger partial charge in [-0.25, -0.2) is 0 Å². The Morgan fingerprint density at radius 2 is 2.00 bits per heavy atom. The summed E-state index contributed by atoms with van der Waals surface area (Å²) in [5.41, 5.74) is 0.153. The first-order chi connectivity index (χ1) is 11.0. The summed E-state index contributed by atoms with van der Waals surface area (Å²) >= 11 is 0. The van der Waals surface area contributed by atoms with Gasteiger partial charge in [-0.15, -0.1) is 0 Å². The Kier molecular flexibility index (Phi) is 5.64. The van der Waals surface area contributed by atoms with E-state index in [0.29, 0.717) is 13.1 Å². The third-order valence-corrected chi connectivity index (χ3v) is 3.84. The molecule has 8 heteroatoms. The predicted octanol–water partition coefficient (Wildman–Crippen LogP) is 1.86. The number of amides is 1. The van der Waals surface area contributed by atoms with Crippen LogP contribution in [-0.2, 0) is 9.59 Å². The molecule has 0 spiro atoms. The van der Waals surface area contributed by atoms with Crippen LogP contribution in [0.5, 0.6) is 0 Å². The molecule has 0 unspecified atom stereocenters. The minimum absolute atomic E-state index is 0.131. The van der Waals surface area contributed by atoms with E-state index in [4.69, 9.17) is 0 Å². The molecule has 8 nitrogen and oxygen atoms in total. The van der Waals surface area contributed by atoms with E-state index in [2.05, 4.69) is 5.32 Å². The fourth-order valence-corrected chi connectivity index (χ4v) is 2.69. The van der Waals surface area contributed by atoms with Crippen molar-refractivity contribution >= 4 is 23.3 Å². The standard InChI is InChI=1S/C15H19N3O5/c19-14(16-11-5-4-6-12(9-11)18(22)23)10-13(15(20)21)17-7-2-1-3-8-17/h4-6,9,13H,1-3,7-8,10H2,(H,16,19)(H,20,21)/t13-/m0/s1. The number of rotatable bonds is 6. The van der Waals surface area contributed by atoms with Crippen molar-refractivity contribution in [3.8, 4) is 0 Å². The lowest BCUT2D eigenvalue weighted by Gasteiger charge is -2.31. The van der Waals surface area contributed by atoms with Gasteiger partial charge >= 0.3 is 5.97 Å². The second-order valence-corrected chi connectivity index (χ2v) is 5.51. The number of aliphatic carboxylic acids is 1. The molecular formula is C15H19N3O5. The molecule has 1 aromatic carbocycles. The lowest BCUT2D eigenvalue weighted by molar-refractivity contribution is -0.384. The molecule has 1 heterocycles. The Hall–Kier alpha value is -2.48. The number of benzene rings is 1. The summed E-state index contributed by atoms with van der Waals surface area (Å²) in [7, 11) is 0. The predicted molar refractivity (Wildman–Crippen MR) is 83.2 cm³/mol. The van der Waals surface area contributed by atoms with Gasteiger partial charge in [-0.1, -0.05) is 12.5 Å². The lowest BCUT2D eigenvalue weighted by atomic mass is 10.1. The molecule has 23 heavy (non-hydrogen) atoms. The molecule has 1 aliphatic rings. The van der Waals surface area contributed by atoms with Crippen molar-refractivity contribution in [1.82, 2.24) is 4.90 Å². The van der Waals surface area contributed by atoms with Gasteiger partial charge in [0.05, 0.1) is 11.3 Å². The molecule has 1 amide bonds. The number of nitrogens with zero attached hydrogens (tertiary/aromatic N) is 2. The summed E-state index contributed by atoms with van der Waals surface area (Å²) in [5.74, 6) is -1.50. The number of carboxylic acids is 1. The first-order valence-corrected chi connectivity index (χ1v) is 7.48. The van der Waals surface area contributed by atoms with Crippen molar-refractivity contribution in [3.05, 3.63) is 34.4 Å². The zero-order valence-corrected chi connectivity index (χ0v) is 12.6. The molecule has 2 rings (SSSR count). The van der Waals surface area contributed by atoms with Crippen molar-refractivity contribution < 1.29 is 19.6 Å². The molecule has 0 aliphatic carbocycles. The van der Waals surface area contributed by atoms with E-state index in [1.807, 2.05) is 0 Å². The second-order valence-electron chi connectivity index (χ2n) is 5.51. The van der Waals surface area contributed by atoms with E-state index in [1.54, 1.807) is 4.90 Å². The number of hydrogen-bond acceptors (Lipinski definition) is 5. The zero-order valence-electron chi connectivity index (χ0n) is 12.6. The number of likely N-dealkylation sites (tertiary alicyclic amines) is 1. The van der Waals surface area contributed by atoms with E-state index < -0.39 is 22.8 Å². The molecule has 0 radical (unpaired) electrons. The topological polar surface area (TPSA) is 113 Å². The fraction of sp³-hybridized carbons (Fsp3) is 0.467.